The summed E-state index contributed by atoms with van der Waals surface area (Å²) in [5, 5.41) is 10.2. The molecule has 0 atom stereocenters. The van der Waals surface area contributed by atoms with Crippen molar-refractivity contribution in [2.75, 3.05) is 13.2 Å². The SMILES string of the molecule is N=C(N)c1cc2ccccc2nc1SC1CCOCC1. The number of nitrogens with zero attached hydrogens (tertiary/aromatic N) is 1. The van der Waals surface area contributed by atoms with Crippen LogP contribution in [-0.4, -0.2) is 29.3 Å². The summed E-state index contributed by atoms with van der Waals surface area (Å²) in [7, 11) is 0. The lowest BCUT2D eigenvalue weighted by atomic mass is 10.1. The molecule has 0 radical (unpaired) electrons. The fraction of sp³-hybridized carbons (Fsp3) is 0.333. The van der Waals surface area contributed by atoms with E-state index in [-0.39, 0.29) is 5.84 Å². The van der Waals surface area contributed by atoms with Crippen molar-refractivity contribution in [3.8, 4) is 0 Å². The third kappa shape index (κ3) is 2.78. The molecule has 0 spiro atoms. The number of pyridine rings is 1. The molecule has 3 rings (SSSR count). The molecule has 5 heteroatoms. The fourth-order valence-corrected chi connectivity index (χ4v) is 3.52. The minimum absolute atomic E-state index is 0.0813. The van der Waals surface area contributed by atoms with E-state index in [0.29, 0.717) is 5.25 Å². The number of ether oxygens (including phenoxy) is 1. The molecule has 20 heavy (non-hydrogen) atoms. The van der Waals surface area contributed by atoms with Crippen LogP contribution in [0, 0.1) is 5.41 Å². The molecule has 2 heterocycles. The maximum absolute atomic E-state index is 7.77. The average Bonchev–Trinajstić information content (AvgIpc) is 2.47. The Balaban J connectivity index is 1.98. The van der Waals surface area contributed by atoms with Gasteiger partial charge in [0, 0.05) is 29.4 Å². The van der Waals surface area contributed by atoms with Crippen LogP contribution in [0.2, 0.25) is 0 Å². The zero-order valence-corrected chi connectivity index (χ0v) is 12.0. The Kier molecular flexibility index (Phi) is 3.89. The summed E-state index contributed by atoms with van der Waals surface area (Å²) in [6.07, 6.45) is 2.05. The van der Waals surface area contributed by atoms with Gasteiger partial charge in [0.05, 0.1) is 5.52 Å². The third-order valence-electron chi connectivity index (χ3n) is 3.43. The van der Waals surface area contributed by atoms with Gasteiger partial charge in [-0.1, -0.05) is 18.2 Å². The van der Waals surface area contributed by atoms with Crippen molar-refractivity contribution < 1.29 is 4.74 Å². The van der Waals surface area contributed by atoms with Crippen molar-refractivity contribution in [2.24, 2.45) is 5.73 Å². The molecular weight excluding hydrogens is 270 g/mol. The van der Waals surface area contributed by atoms with Crippen LogP contribution in [0.4, 0.5) is 0 Å². The highest BCUT2D eigenvalue weighted by molar-refractivity contribution is 7.99. The first-order valence-electron chi connectivity index (χ1n) is 6.72. The number of hydrogen-bond acceptors (Lipinski definition) is 4. The lowest BCUT2D eigenvalue weighted by molar-refractivity contribution is 0.1000. The summed E-state index contributed by atoms with van der Waals surface area (Å²) in [6.45, 7) is 1.61. The Labute approximate surface area is 122 Å². The Morgan fingerprint density at radius 2 is 2.05 bits per heavy atom. The van der Waals surface area contributed by atoms with Gasteiger partial charge in [-0.3, -0.25) is 5.41 Å². The zero-order valence-electron chi connectivity index (χ0n) is 11.1. The molecule has 1 saturated heterocycles. The van der Waals surface area contributed by atoms with Gasteiger partial charge in [0.1, 0.15) is 10.9 Å². The molecule has 1 aromatic heterocycles. The maximum Gasteiger partial charge on any atom is 0.125 e. The van der Waals surface area contributed by atoms with Crippen LogP contribution in [-0.2, 0) is 4.74 Å². The lowest BCUT2D eigenvalue weighted by Crippen LogP contribution is -2.19. The van der Waals surface area contributed by atoms with Crippen LogP contribution >= 0.6 is 11.8 Å². The number of amidine groups is 1. The minimum atomic E-state index is 0.0813. The topological polar surface area (TPSA) is 72.0 Å². The van der Waals surface area contributed by atoms with E-state index in [9.17, 15) is 0 Å². The van der Waals surface area contributed by atoms with Gasteiger partial charge < -0.3 is 10.5 Å². The second-order valence-corrected chi connectivity index (χ2v) is 6.17. The number of aromatic nitrogens is 1. The quantitative estimate of drug-likeness (QED) is 0.672. The van der Waals surface area contributed by atoms with Crippen molar-refractivity contribution in [1.29, 1.82) is 5.41 Å². The summed E-state index contributed by atoms with van der Waals surface area (Å²) in [5.41, 5.74) is 7.40. The Bertz CT molecular complexity index is 638. The summed E-state index contributed by atoms with van der Waals surface area (Å²) in [6, 6.07) is 9.90. The van der Waals surface area contributed by atoms with Gasteiger partial charge in [0.15, 0.2) is 0 Å². The molecule has 0 bridgehead atoms. The Morgan fingerprint density at radius 3 is 2.80 bits per heavy atom. The standard InChI is InChI=1S/C15H17N3OS/c16-14(17)12-9-10-3-1-2-4-13(10)18-15(12)20-11-5-7-19-8-6-11/h1-4,9,11H,5-8H2,(H3,16,17). The van der Waals surface area contributed by atoms with Crippen LogP contribution in [0.1, 0.15) is 18.4 Å². The zero-order chi connectivity index (χ0) is 13.9. The van der Waals surface area contributed by atoms with Gasteiger partial charge in [-0.05, 0) is 25.0 Å². The molecule has 0 saturated carbocycles. The first-order chi connectivity index (χ1) is 9.74. The molecule has 2 aromatic rings. The number of para-hydroxylation sites is 1. The predicted octanol–water partition coefficient (Wildman–Crippen LogP) is 2.79. The van der Waals surface area contributed by atoms with Gasteiger partial charge >= 0.3 is 0 Å². The van der Waals surface area contributed by atoms with Gasteiger partial charge in [-0.25, -0.2) is 4.98 Å². The van der Waals surface area contributed by atoms with Crippen molar-refractivity contribution in [2.45, 2.75) is 23.1 Å². The largest absolute Gasteiger partial charge is 0.384 e. The summed E-state index contributed by atoms with van der Waals surface area (Å²) >= 11 is 1.72. The van der Waals surface area contributed by atoms with Crippen LogP contribution in [0.25, 0.3) is 10.9 Å². The number of rotatable bonds is 3. The number of thioether (sulfide) groups is 1. The molecule has 1 aliphatic heterocycles. The molecule has 0 unspecified atom stereocenters. The number of nitrogen functional groups attached to an aromatic ring is 1. The molecule has 4 nitrogen and oxygen atoms in total. The molecule has 3 N–H and O–H groups in total. The average molecular weight is 287 g/mol. The van der Waals surface area contributed by atoms with Gasteiger partial charge in [-0.2, -0.15) is 0 Å². The first-order valence-corrected chi connectivity index (χ1v) is 7.60. The van der Waals surface area contributed by atoms with Crippen LogP contribution in [0.5, 0.6) is 0 Å². The summed E-state index contributed by atoms with van der Waals surface area (Å²) in [4.78, 5) is 4.69. The van der Waals surface area contributed by atoms with Gasteiger partial charge in [0.2, 0.25) is 0 Å². The van der Waals surface area contributed by atoms with Crippen LogP contribution in [0.15, 0.2) is 35.4 Å². The smallest absolute Gasteiger partial charge is 0.125 e. The molecule has 0 amide bonds. The van der Waals surface area contributed by atoms with E-state index in [4.69, 9.17) is 20.9 Å². The highest BCUT2D eigenvalue weighted by Crippen LogP contribution is 2.32. The second-order valence-electron chi connectivity index (χ2n) is 4.88. The number of nitrogens with one attached hydrogen (secondary N) is 1. The van der Waals surface area contributed by atoms with E-state index in [0.717, 1.165) is 47.5 Å². The fourth-order valence-electron chi connectivity index (χ4n) is 2.33. The van der Waals surface area contributed by atoms with Crippen molar-refractivity contribution in [3.63, 3.8) is 0 Å². The summed E-state index contributed by atoms with van der Waals surface area (Å²) in [5.74, 6) is 0.0813. The summed E-state index contributed by atoms with van der Waals surface area (Å²) < 4.78 is 5.38. The second kappa shape index (κ2) is 5.81. The van der Waals surface area contributed by atoms with E-state index in [1.54, 1.807) is 11.8 Å². The van der Waals surface area contributed by atoms with Crippen LogP contribution < -0.4 is 5.73 Å². The van der Waals surface area contributed by atoms with Crippen molar-refractivity contribution >= 4 is 28.5 Å². The number of hydrogen-bond donors (Lipinski definition) is 2. The van der Waals surface area contributed by atoms with E-state index >= 15 is 0 Å². The molecule has 0 aliphatic carbocycles. The number of nitrogens with two attached hydrogens (primary N) is 1. The van der Waals surface area contributed by atoms with Crippen molar-refractivity contribution in [1.82, 2.24) is 4.98 Å². The Hall–Kier alpha value is -1.59. The normalized spacial score (nSPS) is 16.4. The van der Waals surface area contributed by atoms with Crippen molar-refractivity contribution in [3.05, 3.63) is 35.9 Å². The van der Waals surface area contributed by atoms with E-state index in [1.807, 2.05) is 30.3 Å². The highest BCUT2D eigenvalue weighted by atomic mass is 32.2. The lowest BCUT2D eigenvalue weighted by Gasteiger charge is -2.22. The molecular formula is C15H17N3OS. The minimum Gasteiger partial charge on any atom is -0.384 e. The van der Waals surface area contributed by atoms with E-state index in [1.165, 1.54) is 0 Å². The Morgan fingerprint density at radius 1 is 1.30 bits per heavy atom. The monoisotopic (exact) mass is 287 g/mol. The van der Waals surface area contributed by atoms with E-state index in [2.05, 4.69) is 0 Å². The predicted molar refractivity (Wildman–Crippen MR) is 82.5 cm³/mol. The molecule has 1 fully saturated rings. The van der Waals surface area contributed by atoms with Gasteiger partial charge in [0.25, 0.3) is 0 Å². The third-order valence-corrected chi connectivity index (χ3v) is 4.76. The van der Waals surface area contributed by atoms with Crippen LogP contribution in [0.3, 0.4) is 0 Å². The molecule has 1 aromatic carbocycles. The number of fused-ring (bicyclic) bond motifs is 1. The van der Waals surface area contributed by atoms with E-state index < -0.39 is 0 Å². The molecule has 1 aliphatic rings. The molecule has 104 valence electrons. The number of benzene rings is 1. The van der Waals surface area contributed by atoms with Gasteiger partial charge in [-0.15, -0.1) is 11.8 Å². The maximum atomic E-state index is 7.77. The first kappa shape index (κ1) is 13.4. The highest BCUT2D eigenvalue weighted by Gasteiger charge is 2.19.